The fourth-order valence-electron chi connectivity index (χ4n) is 3.19. The molecule has 4 heteroatoms. The van der Waals surface area contributed by atoms with Crippen molar-refractivity contribution in [1.29, 1.82) is 0 Å². The average molecular weight is 260 g/mol. The third kappa shape index (κ3) is 3.06. The molecular weight excluding hydrogens is 236 g/mol. The lowest BCUT2D eigenvalue weighted by atomic mass is 9.86. The Balaban J connectivity index is 1.82. The molecule has 1 aliphatic carbocycles. The van der Waals surface area contributed by atoms with Crippen LogP contribution in [0.1, 0.15) is 49.4 Å². The Morgan fingerprint density at radius 1 is 1.11 bits per heavy atom. The summed E-state index contributed by atoms with van der Waals surface area (Å²) in [4.78, 5) is 11.8. The zero-order valence-corrected chi connectivity index (χ0v) is 11.9. The molecule has 2 aliphatic rings. The van der Waals surface area contributed by atoms with Gasteiger partial charge in [-0.25, -0.2) is 9.97 Å². The molecule has 1 saturated heterocycles. The number of anilines is 1. The molecule has 0 unspecified atom stereocenters. The largest absolute Gasteiger partial charge is 0.338 e. The van der Waals surface area contributed by atoms with Gasteiger partial charge in [-0.05, 0) is 25.8 Å². The Morgan fingerprint density at radius 2 is 1.84 bits per heavy atom. The standard InChI is InChI=1S/C15H24N4/c1-12-11-14(13-5-3-2-4-6-13)18-15(17-12)19-9-7-16-8-10-19/h11,13,16H,2-10H2,1H3. The van der Waals surface area contributed by atoms with Gasteiger partial charge in [0.2, 0.25) is 5.95 Å². The first kappa shape index (κ1) is 12.9. The molecule has 0 bridgehead atoms. The smallest absolute Gasteiger partial charge is 0.225 e. The highest BCUT2D eigenvalue weighted by Crippen LogP contribution is 2.32. The van der Waals surface area contributed by atoms with Gasteiger partial charge < -0.3 is 10.2 Å². The highest BCUT2D eigenvalue weighted by atomic mass is 15.3. The van der Waals surface area contributed by atoms with E-state index in [2.05, 4.69) is 28.2 Å². The van der Waals surface area contributed by atoms with Crippen LogP contribution in [0.25, 0.3) is 0 Å². The molecule has 1 aliphatic heterocycles. The van der Waals surface area contributed by atoms with Crippen molar-refractivity contribution in [2.24, 2.45) is 0 Å². The first-order valence-electron chi connectivity index (χ1n) is 7.64. The molecule has 3 rings (SSSR count). The molecular formula is C15H24N4. The highest BCUT2D eigenvalue weighted by molar-refractivity contribution is 5.34. The van der Waals surface area contributed by atoms with Crippen molar-refractivity contribution in [3.63, 3.8) is 0 Å². The van der Waals surface area contributed by atoms with Gasteiger partial charge in [-0.3, -0.25) is 0 Å². The number of aryl methyl sites for hydroxylation is 1. The van der Waals surface area contributed by atoms with Crippen molar-refractivity contribution in [3.05, 3.63) is 17.5 Å². The summed E-state index contributed by atoms with van der Waals surface area (Å²) < 4.78 is 0. The van der Waals surface area contributed by atoms with Gasteiger partial charge >= 0.3 is 0 Å². The van der Waals surface area contributed by atoms with Gasteiger partial charge in [-0.15, -0.1) is 0 Å². The van der Waals surface area contributed by atoms with E-state index in [-0.39, 0.29) is 0 Å². The van der Waals surface area contributed by atoms with E-state index in [1.807, 2.05) is 0 Å². The summed E-state index contributed by atoms with van der Waals surface area (Å²) in [6, 6.07) is 2.20. The molecule has 0 aromatic carbocycles. The van der Waals surface area contributed by atoms with Crippen molar-refractivity contribution < 1.29 is 0 Å². The second-order valence-corrected chi connectivity index (χ2v) is 5.81. The highest BCUT2D eigenvalue weighted by Gasteiger charge is 2.20. The molecule has 1 saturated carbocycles. The fraction of sp³-hybridized carbons (Fsp3) is 0.733. The SMILES string of the molecule is Cc1cc(C2CCCCC2)nc(N2CCNCC2)n1. The molecule has 0 radical (unpaired) electrons. The maximum Gasteiger partial charge on any atom is 0.225 e. The molecule has 1 aromatic rings. The van der Waals surface area contributed by atoms with Crippen LogP contribution in [0.5, 0.6) is 0 Å². The van der Waals surface area contributed by atoms with Crippen LogP contribution >= 0.6 is 0 Å². The fourth-order valence-corrected chi connectivity index (χ4v) is 3.19. The van der Waals surface area contributed by atoms with Crippen LogP contribution in [0.15, 0.2) is 6.07 Å². The maximum atomic E-state index is 4.87. The van der Waals surface area contributed by atoms with Gasteiger partial charge in [0.15, 0.2) is 0 Å². The zero-order valence-electron chi connectivity index (χ0n) is 11.9. The first-order valence-corrected chi connectivity index (χ1v) is 7.64. The maximum absolute atomic E-state index is 4.87. The van der Waals surface area contributed by atoms with Gasteiger partial charge in [0.05, 0.1) is 0 Å². The number of rotatable bonds is 2. The second-order valence-electron chi connectivity index (χ2n) is 5.81. The van der Waals surface area contributed by atoms with Crippen molar-refractivity contribution in [2.45, 2.75) is 44.9 Å². The van der Waals surface area contributed by atoms with E-state index in [4.69, 9.17) is 4.98 Å². The van der Waals surface area contributed by atoms with Gasteiger partial charge in [0.25, 0.3) is 0 Å². The normalized spacial score (nSPS) is 21.6. The minimum atomic E-state index is 0.664. The summed E-state index contributed by atoms with van der Waals surface area (Å²) in [7, 11) is 0. The topological polar surface area (TPSA) is 41.1 Å². The van der Waals surface area contributed by atoms with Crippen molar-refractivity contribution >= 4 is 5.95 Å². The lowest BCUT2D eigenvalue weighted by Gasteiger charge is -2.29. The van der Waals surface area contributed by atoms with E-state index < -0.39 is 0 Å². The molecule has 1 N–H and O–H groups in total. The summed E-state index contributed by atoms with van der Waals surface area (Å²) in [5, 5.41) is 3.38. The summed E-state index contributed by atoms with van der Waals surface area (Å²) in [5.41, 5.74) is 2.39. The number of nitrogens with one attached hydrogen (secondary N) is 1. The Labute approximate surface area is 115 Å². The summed E-state index contributed by atoms with van der Waals surface area (Å²) in [6.07, 6.45) is 6.72. The van der Waals surface area contributed by atoms with Crippen LogP contribution in [0, 0.1) is 6.92 Å². The van der Waals surface area contributed by atoms with Crippen LogP contribution in [0.3, 0.4) is 0 Å². The molecule has 19 heavy (non-hydrogen) atoms. The molecule has 0 atom stereocenters. The number of piperazine rings is 1. The minimum absolute atomic E-state index is 0.664. The third-order valence-electron chi connectivity index (χ3n) is 4.29. The number of nitrogens with zero attached hydrogens (tertiary/aromatic N) is 3. The third-order valence-corrected chi connectivity index (χ3v) is 4.29. The monoisotopic (exact) mass is 260 g/mol. The Morgan fingerprint density at radius 3 is 2.58 bits per heavy atom. The average Bonchev–Trinajstić information content (AvgIpc) is 2.48. The van der Waals surface area contributed by atoms with Gasteiger partial charge in [-0.2, -0.15) is 0 Å². The van der Waals surface area contributed by atoms with Crippen molar-refractivity contribution in [1.82, 2.24) is 15.3 Å². The lowest BCUT2D eigenvalue weighted by Crippen LogP contribution is -2.44. The van der Waals surface area contributed by atoms with Crippen molar-refractivity contribution in [3.8, 4) is 0 Å². The molecule has 4 nitrogen and oxygen atoms in total. The van der Waals surface area contributed by atoms with E-state index in [9.17, 15) is 0 Å². The summed E-state index contributed by atoms with van der Waals surface area (Å²) in [6.45, 7) is 6.22. The van der Waals surface area contributed by atoms with E-state index in [0.717, 1.165) is 37.8 Å². The van der Waals surface area contributed by atoms with Crippen LogP contribution in [-0.2, 0) is 0 Å². The molecule has 2 fully saturated rings. The van der Waals surface area contributed by atoms with E-state index >= 15 is 0 Å². The minimum Gasteiger partial charge on any atom is -0.338 e. The lowest BCUT2D eigenvalue weighted by molar-refractivity contribution is 0.435. The van der Waals surface area contributed by atoms with Crippen LogP contribution in [0.4, 0.5) is 5.95 Å². The molecule has 1 aromatic heterocycles. The predicted octanol–water partition coefficient (Wildman–Crippen LogP) is 2.24. The Hall–Kier alpha value is -1.16. The Kier molecular flexibility index (Phi) is 3.97. The predicted molar refractivity (Wildman–Crippen MR) is 77.7 cm³/mol. The summed E-state index contributed by atoms with van der Waals surface area (Å²) in [5.74, 6) is 1.61. The van der Waals surface area contributed by atoms with Crippen LogP contribution in [0.2, 0.25) is 0 Å². The quantitative estimate of drug-likeness (QED) is 0.885. The number of aromatic nitrogens is 2. The molecule has 2 heterocycles. The van der Waals surface area contributed by atoms with Crippen LogP contribution < -0.4 is 10.2 Å². The van der Waals surface area contributed by atoms with Gasteiger partial charge in [0, 0.05) is 43.5 Å². The molecule has 104 valence electrons. The zero-order chi connectivity index (χ0) is 13.1. The van der Waals surface area contributed by atoms with Crippen LogP contribution in [-0.4, -0.2) is 36.1 Å². The summed E-state index contributed by atoms with van der Waals surface area (Å²) >= 11 is 0. The van der Waals surface area contributed by atoms with E-state index in [1.54, 1.807) is 0 Å². The second kappa shape index (κ2) is 5.87. The molecule has 0 spiro atoms. The number of hydrogen-bond donors (Lipinski definition) is 1. The van der Waals surface area contributed by atoms with E-state index in [1.165, 1.54) is 37.8 Å². The van der Waals surface area contributed by atoms with Gasteiger partial charge in [-0.1, -0.05) is 19.3 Å². The van der Waals surface area contributed by atoms with Crippen molar-refractivity contribution in [2.75, 3.05) is 31.1 Å². The van der Waals surface area contributed by atoms with E-state index in [0.29, 0.717) is 5.92 Å². The number of hydrogen-bond acceptors (Lipinski definition) is 4. The first-order chi connectivity index (χ1) is 9.33. The Bertz CT molecular complexity index is 384. The molecule has 0 amide bonds. The van der Waals surface area contributed by atoms with Gasteiger partial charge in [0.1, 0.15) is 0 Å².